The van der Waals surface area contributed by atoms with E-state index in [1.54, 1.807) is 9.80 Å². The summed E-state index contributed by atoms with van der Waals surface area (Å²) in [5, 5.41) is 27.3. The third kappa shape index (κ3) is 20.0. The molecule has 1 saturated heterocycles. The van der Waals surface area contributed by atoms with Gasteiger partial charge in [0.05, 0.1) is 19.6 Å². The summed E-state index contributed by atoms with van der Waals surface area (Å²) in [6, 6.07) is 7.39. The van der Waals surface area contributed by atoms with Crippen molar-refractivity contribution in [3.05, 3.63) is 35.4 Å². The first-order chi connectivity index (χ1) is 25.0. The van der Waals surface area contributed by atoms with Gasteiger partial charge in [-0.05, 0) is 51.1 Å². The largest absolute Gasteiger partial charge is 0.480 e. The number of nitrogens with two attached hydrogens (primary N) is 1. The Kier molecular flexibility index (Phi) is 21.8. The maximum atomic E-state index is 13.4. The van der Waals surface area contributed by atoms with Crippen LogP contribution in [0.4, 0.5) is 0 Å². The van der Waals surface area contributed by atoms with Crippen LogP contribution in [0.3, 0.4) is 0 Å². The number of nitrogens with zero attached hydrogens (tertiary/aromatic N) is 4. The first-order valence-electron chi connectivity index (χ1n) is 18.0. The van der Waals surface area contributed by atoms with Crippen LogP contribution in [0.2, 0.25) is 0 Å². The van der Waals surface area contributed by atoms with Gasteiger partial charge in [-0.25, -0.2) is 0 Å². The Morgan fingerprint density at radius 1 is 0.769 bits per heavy atom. The Labute approximate surface area is 306 Å². The van der Waals surface area contributed by atoms with Crippen molar-refractivity contribution in [2.24, 2.45) is 5.73 Å². The first kappa shape index (κ1) is 44.0. The van der Waals surface area contributed by atoms with Gasteiger partial charge in [-0.3, -0.25) is 48.4 Å². The Hall–Kier alpha value is -4.16. The van der Waals surface area contributed by atoms with E-state index in [9.17, 15) is 39.0 Å². The average Bonchev–Trinajstić information content (AvgIpc) is 3.09. The lowest BCUT2D eigenvalue weighted by molar-refractivity contribution is -0.140. The van der Waals surface area contributed by atoms with Gasteiger partial charge in [-0.2, -0.15) is 0 Å². The number of hydrogen-bond acceptors (Lipinski definition) is 12. The molecule has 2 rings (SSSR count). The highest BCUT2D eigenvalue weighted by molar-refractivity contribution is 5.88. The third-order valence-electron chi connectivity index (χ3n) is 8.67. The molecule has 0 radical (unpaired) electrons. The molecular weight excluding hydrogens is 676 g/mol. The minimum Gasteiger partial charge on any atom is -0.480 e. The fraction of sp³-hybridized carbons (Fsp3) is 0.657. The molecule has 292 valence electrons. The summed E-state index contributed by atoms with van der Waals surface area (Å²) in [5.41, 5.74) is 8.02. The molecule has 1 aliphatic heterocycles. The van der Waals surface area contributed by atoms with Crippen molar-refractivity contribution >= 4 is 36.1 Å². The normalized spacial score (nSPS) is 16.1. The molecule has 17 heteroatoms. The fourth-order valence-electron chi connectivity index (χ4n) is 5.71. The standard InChI is InChI=1S/C35H58N8O9/c1-28-8-10-29(11-9-28)5-4-7-31(45)37-13-14-38-35(51)30(6-2-3-12-36)39-32(46)23-40-15-16-41(24-33(47)48)17-18-42(25-34(49)50)20-22-43(21-19-40)26-52-27-44/h8-11,27,30H,2-7,12-26,36H2,1H3,(H,37,45)(H,38,51)(H,39,46)(H,47,48)(H,49,50). The molecule has 1 unspecified atom stereocenters. The van der Waals surface area contributed by atoms with E-state index >= 15 is 0 Å². The van der Waals surface area contributed by atoms with Crippen LogP contribution in [-0.4, -0.2) is 170 Å². The maximum absolute atomic E-state index is 13.4. The number of carbonyl (C=O) groups excluding carboxylic acids is 4. The number of aryl methyl sites for hydroxylation is 2. The van der Waals surface area contributed by atoms with Gasteiger partial charge in [0, 0.05) is 71.9 Å². The summed E-state index contributed by atoms with van der Waals surface area (Å²) >= 11 is 0. The second kappa shape index (κ2) is 25.7. The summed E-state index contributed by atoms with van der Waals surface area (Å²) in [5.74, 6) is -2.90. The lowest BCUT2D eigenvalue weighted by Gasteiger charge is -2.33. The fourth-order valence-corrected chi connectivity index (χ4v) is 5.71. The molecule has 1 aliphatic rings. The molecule has 17 nitrogen and oxygen atoms in total. The predicted octanol–water partition coefficient (Wildman–Crippen LogP) is -1.31. The van der Waals surface area contributed by atoms with E-state index in [0.717, 1.165) is 6.42 Å². The third-order valence-corrected chi connectivity index (χ3v) is 8.67. The highest BCUT2D eigenvalue weighted by atomic mass is 16.5. The van der Waals surface area contributed by atoms with Crippen LogP contribution in [0, 0.1) is 6.92 Å². The van der Waals surface area contributed by atoms with Gasteiger partial charge in [-0.1, -0.05) is 29.8 Å². The van der Waals surface area contributed by atoms with E-state index < -0.39 is 23.9 Å². The number of amides is 3. The summed E-state index contributed by atoms with van der Waals surface area (Å²) in [6.45, 7) is 5.32. The SMILES string of the molecule is Cc1ccc(CCCC(=O)NCCNC(=O)C(CCCCN)NC(=O)CN2CCN(COC=O)CCN(CC(=O)O)CCN(CC(=O)O)CC2)cc1. The predicted molar refractivity (Wildman–Crippen MR) is 193 cm³/mol. The number of unbranched alkanes of at least 4 members (excludes halogenated alkanes) is 1. The van der Waals surface area contributed by atoms with Crippen LogP contribution in [0.25, 0.3) is 0 Å². The van der Waals surface area contributed by atoms with E-state index in [-0.39, 0.29) is 51.3 Å². The minimum absolute atomic E-state index is 0.0210. The Morgan fingerprint density at radius 3 is 1.85 bits per heavy atom. The molecule has 1 aromatic carbocycles. The highest BCUT2D eigenvalue weighted by Crippen LogP contribution is 2.08. The molecule has 3 amide bonds. The number of aliphatic carboxylic acids is 2. The maximum Gasteiger partial charge on any atom is 0.317 e. The van der Waals surface area contributed by atoms with E-state index in [2.05, 4.69) is 28.1 Å². The number of benzene rings is 1. The van der Waals surface area contributed by atoms with Crippen molar-refractivity contribution in [1.29, 1.82) is 0 Å². The molecule has 1 aromatic rings. The second-order valence-corrected chi connectivity index (χ2v) is 13.0. The number of carbonyl (C=O) groups is 6. The monoisotopic (exact) mass is 734 g/mol. The summed E-state index contributed by atoms with van der Waals surface area (Å²) in [4.78, 5) is 79.8. The van der Waals surface area contributed by atoms with Gasteiger partial charge in [0.1, 0.15) is 12.8 Å². The molecule has 1 atom stereocenters. The molecule has 0 bridgehead atoms. The molecule has 52 heavy (non-hydrogen) atoms. The minimum atomic E-state index is -1.03. The van der Waals surface area contributed by atoms with Gasteiger partial charge in [0.2, 0.25) is 17.7 Å². The summed E-state index contributed by atoms with van der Waals surface area (Å²) < 4.78 is 4.97. The Bertz CT molecular complexity index is 1250. The van der Waals surface area contributed by atoms with E-state index in [1.165, 1.54) is 11.1 Å². The Morgan fingerprint density at radius 2 is 1.31 bits per heavy atom. The molecule has 7 N–H and O–H groups in total. The molecule has 1 heterocycles. The van der Waals surface area contributed by atoms with Crippen molar-refractivity contribution in [3.8, 4) is 0 Å². The van der Waals surface area contributed by atoms with E-state index in [0.29, 0.717) is 97.5 Å². The average molecular weight is 735 g/mol. The zero-order valence-corrected chi connectivity index (χ0v) is 30.4. The summed E-state index contributed by atoms with van der Waals surface area (Å²) in [7, 11) is 0. The number of nitrogens with one attached hydrogen (secondary N) is 3. The van der Waals surface area contributed by atoms with Crippen LogP contribution >= 0.6 is 0 Å². The number of carboxylic acid groups (broad SMARTS) is 2. The van der Waals surface area contributed by atoms with Crippen molar-refractivity contribution in [2.45, 2.75) is 51.5 Å². The summed E-state index contributed by atoms with van der Waals surface area (Å²) in [6.07, 6.45) is 3.54. The second-order valence-electron chi connectivity index (χ2n) is 13.0. The van der Waals surface area contributed by atoms with Crippen molar-refractivity contribution in [1.82, 2.24) is 35.6 Å². The van der Waals surface area contributed by atoms with Gasteiger partial charge < -0.3 is 36.6 Å². The van der Waals surface area contributed by atoms with Crippen LogP contribution in [0.5, 0.6) is 0 Å². The van der Waals surface area contributed by atoms with Crippen molar-refractivity contribution in [3.63, 3.8) is 0 Å². The quantitative estimate of drug-likeness (QED) is 0.0601. The Balaban J connectivity index is 1.96. The van der Waals surface area contributed by atoms with Gasteiger partial charge in [0.15, 0.2) is 0 Å². The highest BCUT2D eigenvalue weighted by Gasteiger charge is 2.24. The molecule has 0 saturated carbocycles. The number of carboxylic acids is 2. The topological polar surface area (TPSA) is 227 Å². The van der Waals surface area contributed by atoms with Crippen molar-refractivity contribution in [2.75, 3.05) is 98.4 Å². The number of rotatable bonds is 22. The van der Waals surface area contributed by atoms with Gasteiger partial charge >= 0.3 is 11.9 Å². The zero-order chi connectivity index (χ0) is 38.1. The van der Waals surface area contributed by atoms with Gasteiger partial charge in [-0.15, -0.1) is 0 Å². The number of ether oxygens (including phenoxy) is 1. The van der Waals surface area contributed by atoms with Crippen LogP contribution in [0.1, 0.15) is 43.2 Å². The molecule has 1 fully saturated rings. The number of hydrogen-bond donors (Lipinski definition) is 6. The molecule has 0 aliphatic carbocycles. The zero-order valence-electron chi connectivity index (χ0n) is 30.4. The lowest BCUT2D eigenvalue weighted by Crippen LogP contribution is -2.52. The van der Waals surface area contributed by atoms with E-state index in [4.69, 9.17) is 10.5 Å². The molecule has 0 aromatic heterocycles. The molecular formula is C35H58N8O9. The smallest absolute Gasteiger partial charge is 0.317 e. The first-order valence-corrected chi connectivity index (χ1v) is 18.0. The van der Waals surface area contributed by atoms with Crippen molar-refractivity contribution < 1.29 is 43.7 Å². The van der Waals surface area contributed by atoms with Crippen LogP contribution < -0.4 is 21.7 Å². The van der Waals surface area contributed by atoms with E-state index in [1.807, 2.05) is 28.9 Å². The van der Waals surface area contributed by atoms with Crippen LogP contribution in [-0.2, 0) is 39.9 Å². The van der Waals surface area contributed by atoms with Gasteiger partial charge in [0.25, 0.3) is 6.47 Å². The van der Waals surface area contributed by atoms with Crippen LogP contribution in [0.15, 0.2) is 24.3 Å². The molecule has 0 spiro atoms. The lowest BCUT2D eigenvalue weighted by atomic mass is 10.1.